The van der Waals surface area contributed by atoms with E-state index in [0.717, 1.165) is 5.56 Å². The quantitative estimate of drug-likeness (QED) is 0.874. The lowest BCUT2D eigenvalue weighted by atomic mass is 10.1. The fourth-order valence-corrected chi connectivity index (χ4v) is 1.79. The van der Waals surface area contributed by atoms with Gasteiger partial charge in [0.2, 0.25) is 0 Å². The Balaban J connectivity index is 2.05. The molecule has 0 fully saturated rings. The monoisotopic (exact) mass is 275 g/mol. The first-order valence-electron chi connectivity index (χ1n) is 6.09. The molecule has 0 aliphatic rings. The summed E-state index contributed by atoms with van der Waals surface area (Å²) >= 11 is 0. The highest BCUT2D eigenvalue weighted by Gasteiger charge is 2.12. The first-order valence-corrected chi connectivity index (χ1v) is 6.09. The molecule has 0 spiro atoms. The summed E-state index contributed by atoms with van der Waals surface area (Å²) in [6.07, 6.45) is 2.58. The highest BCUT2D eigenvalue weighted by molar-refractivity contribution is 5.88. The van der Waals surface area contributed by atoms with Crippen LogP contribution in [-0.2, 0) is 6.54 Å². The van der Waals surface area contributed by atoms with Crippen LogP contribution in [0.3, 0.4) is 0 Å². The second-order valence-electron chi connectivity index (χ2n) is 4.34. The van der Waals surface area contributed by atoms with Crippen LogP contribution >= 0.6 is 0 Å². The molecule has 2 aromatic rings. The number of carboxylic acids is 1. The van der Waals surface area contributed by atoms with Crippen LogP contribution in [0.2, 0.25) is 0 Å². The first-order chi connectivity index (χ1) is 9.58. The van der Waals surface area contributed by atoms with E-state index in [0.29, 0.717) is 12.2 Å². The Morgan fingerprint density at radius 1 is 1.40 bits per heavy atom. The molecule has 104 valence electrons. The lowest BCUT2D eigenvalue weighted by molar-refractivity contribution is 0.0694. The number of hydrogen-bond acceptors (Lipinski definition) is 4. The zero-order valence-corrected chi connectivity index (χ0v) is 10.9. The SMILES string of the molecule is C[C@H](NCc1ncncc1C(=O)O)c1ccc(F)cc1. The molecule has 0 radical (unpaired) electrons. The second kappa shape index (κ2) is 6.21. The van der Waals surface area contributed by atoms with Gasteiger partial charge in [0.25, 0.3) is 0 Å². The number of halogens is 1. The van der Waals surface area contributed by atoms with Gasteiger partial charge in [0.05, 0.1) is 5.69 Å². The standard InChI is InChI=1S/C14H14FN3O2/c1-9(10-2-4-11(15)5-3-10)17-7-13-12(14(19)20)6-16-8-18-13/h2-6,8-9,17H,7H2,1H3,(H,19,20)/t9-/m0/s1. The van der Waals surface area contributed by atoms with E-state index in [1.165, 1.54) is 24.7 Å². The third-order valence-electron chi connectivity index (χ3n) is 2.97. The Morgan fingerprint density at radius 2 is 2.10 bits per heavy atom. The molecule has 5 nitrogen and oxygen atoms in total. The molecule has 0 aliphatic heterocycles. The fourth-order valence-electron chi connectivity index (χ4n) is 1.79. The van der Waals surface area contributed by atoms with E-state index < -0.39 is 5.97 Å². The van der Waals surface area contributed by atoms with Crippen LogP contribution in [0.5, 0.6) is 0 Å². The first kappa shape index (κ1) is 14.1. The number of hydrogen-bond donors (Lipinski definition) is 2. The average Bonchev–Trinajstić information content (AvgIpc) is 2.45. The van der Waals surface area contributed by atoms with Gasteiger partial charge in [-0.1, -0.05) is 12.1 Å². The number of rotatable bonds is 5. The van der Waals surface area contributed by atoms with Gasteiger partial charge in [-0.25, -0.2) is 19.2 Å². The number of benzene rings is 1. The minimum Gasteiger partial charge on any atom is -0.478 e. The van der Waals surface area contributed by atoms with E-state index in [1.807, 2.05) is 6.92 Å². The molecular weight excluding hydrogens is 261 g/mol. The molecule has 1 atom stereocenters. The maximum atomic E-state index is 12.8. The number of nitrogens with zero attached hydrogens (tertiary/aromatic N) is 2. The summed E-state index contributed by atoms with van der Waals surface area (Å²) < 4.78 is 12.8. The van der Waals surface area contributed by atoms with E-state index in [-0.39, 0.29) is 17.4 Å². The molecule has 1 aromatic heterocycles. The van der Waals surface area contributed by atoms with Crippen molar-refractivity contribution in [1.82, 2.24) is 15.3 Å². The number of nitrogens with one attached hydrogen (secondary N) is 1. The second-order valence-corrected chi connectivity index (χ2v) is 4.34. The highest BCUT2D eigenvalue weighted by atomic mass is 19.1. The lowest BCUT2D eigenvalue weighted by Gasteiger charge is -2.14. The minimum absolute atomic E-state index is 0.0489. The molecule has 1 heterocycles. The smallest absolute Gasteiger partial charge is 0.339 e. The normalized spacial score (nSPS) is 12.1. The summed E-state index contributed by atoms with van der Waals surface area (Å²) in [7, 11) is 0. The molecule has 0 saturated heterocycles. The van der Waals surface area contributed by atoms with E-state index in [1.54, 1.807) is 12.1 Å². The van der Waals surface area contributed by atoms with Crippen molar-refractivity contribution in [3.8, 4) is 0 Å². The summed E-state index contributed by atoms with van der Waals surface area (Å²) in [5, 5.41) is 12.2. The third-order valence-corrected chi connectivity index (χ3v) is 2.97. The summed E-state index contributed by atoms with van der Waals surface area (Å²) in [4.78, 5) is 18.7. The van der Waals surface area contributed by atoms with Gasteiger partial charge in [0.1, 0.15) is 17.7 Å². The van der Waals surface area contributed by atoms with Gasteiger partial charge in [0.15, 0.2) is 0 Å². The van der Waals surface area contributed by atoms with Crippen molar-refractivity contribution in [1.29, 1.82) is 0 Å². The lowest BCUT2D eigenvalue weighted by Crippen LogP contribution is -2.20. The van der Waals surface area contributed by atoms with E-state index in [2.05, 4.69) is 15.3 Å². The van der Waals surface area contributed by atoms with Crippen LogP contribution in [0.1, 0.15) is 34.6 Å². The molecule has 1 aromatic carbocycles. The van der Waals surface area contributed by atoms with Gasteiger partial charge in [-0.15, -0.1) is 0 Å². The van der Waals surface area contributed by atoms with Gasteiger partial charge in [0, 0.05) is 18.8 Å². The zero-order chi connectivity index (χ0) is 14.5. The van der Waals surface area contributed by atoms with E-state index >= 15 is 0 Å². The molecule has 0 amide bonds. The summed E-state index contributed by atoms with van der Waals surface area (Å²) in [6.45, 7) is 2.21. The molecule has 2 rings (SSSR count). The Kier molecular flexibility index (Phi) is 4.37. The van der Waals surface area contributed by atoms with E-state index in [4.69, 9.17) is 5.11 Å². The van der Waals surface area contributed by atoms with Gasteiger partial charge < -0.3 is 10.4 Å². The molecule has 0 bridgehead atoms. The number of carboxylic acid groups (broad SMARTS) is 1. The molecule has 6 heteroatoms. The van der Waals surface area contributed by atoms with Crippen molar-refractivity contribution in [2.24, 2.45) is 0 Å². The van der Waals surface area contributed by atoms with Crippen LogP contribution in [0.25, 0.3) is 0 Å². The maximum Gasteiger partial charge on any atom is 0.339 e. The molecule has 0 unspecified atom stereocenters. The molecule has 2 N–H and O–H groups in total. The van der Waals surface area contributed by atoms with Crippen LogP contribution in [0.4, 0.5) is 4.39 Å². The van der Waals surface area contributed by atoms with Crippen molar-refractivity contribution < 1.29 is 14.3 Å². The summed E-state index contributed by atoms with van der Waals surface area (Å²) in [5.74, 6) is -1.35. The molecule has 0 saturated carbocycles. The van der Waals surface area contributed by atoms with Gasteiger partial charge in [-0.2, -0.15) is 0 Å². The van der Waals surface area contributed by atoms with Crippen LogP contribution in [-0.4, -0.2) is 21.0 Å². The van der Waals surface area contributed by atoms with Crippen molar-refractivity contribution in [3.05, 3.63) is 59.4 Å². The fraction of sp³-hybridized carbons (Fsp3) is 0.214. The Hall–Kier alpha value is -2.34. The topological polar surface area (TPSA) is 75.1 Å². The molecule has 0 aliphatic carbocycles. The summed E-state index contributed by atoms with van der Waals surface area (Å²) in [5.41, 5.74) is 1.41. The third kappa shape index (κ3) is 3.36. The average molecular weight is 275 g/mol. The number of aromatic carboxylic acids is 1. The van der Waals surface area contributed by atoms with Crippen molar-refractivity contribution >= 4 is 5.97 Å². The minimum atomic E-state index is -1.06. The zero-order valence-electron chi connectivity index (χ0n) is 10.9. The predicted octanol–water partition coefficient (Wildman–Crippen LogP) is 2.16. The predicted molar refractivity (Wildman–Crippen MR) is 70.6 cm³/mol. The van der Waals surface area contributed by atoms with Crippen LogP contribution in [0, 0.1) is 5.82 Å². The highest BCUT2D eigenvalue weighted by Crippen LogP contribution is 2.14. The Morgan fingerprint density at radius 3 is 2.75 bits per heavy atom. The van der Waals surface area contributed by atoms with E-state index in [9.17, 15) is 9.18 Å². The van der Waals surface area contributed by atoms with Crippen LogP contribution in [0.15, 0.2) is 36.8 Å². The van der Waals surface area contributed by atoms with Gasteiger partial charge in [-0.05, 0) is 24.6 Å². The Bertz CT molecular complexity index is 602. The van der Waals surface area contributed by atoms with Crippen molar-refractivity contribution in [3.63, 3.8) is 0 Å². The number of aromatic nitrogens is 2. The van der Waals surface area contributed by atoms with Gasteiger partial charge in [-0.3, -0.25) is 0 Å². The maximum absolute atomic E-state index is 12.8. The number of carbonyl (C=O) groups is 1. The van der Waals surface area contributed by atoms with Crippen molar-refractivity contribution in [2.45, 2.75) is 19.5 Å². The van der Waals surface area contributed by atoms with Crippen molar-refractivity contribution in [2.75, 3.05) is 0 Å². The Labute approximate surface area is 115 Å². The van der Waals surface area contributed by atoms with Crippen LogP contribution < -0.4 is 5.32 Å². The largest absolute Gasteiger partial charge is 0.478 e. The van der Waals surface area contributed by atoms with Gasteiger partial charge >= 0.3 is 5.97 Å². The summed E-state index contributed by atoms with van der Waals surface area (Å²) in [6, 6.07) is 6.10. The molecular formula is C14H14FN3O2. The molecule has 20 heavy (non-hydrogen) atoms.